The summed E-state index contributed by atoms with van der Waals surface area (Å²) in [5.41, 5.74) is 6.26. The Bertz CT molecular complexity index is 554. The molecule has 3 N–H and O–H groups in total. The first-order chi connectivity index (χ1) is 10.0. The van der Waals surface area contributed by atoms with Gasteiger partial charge in [-0.1, -0.05) is 25.1 Å². The van der Waals surface area contributed by atoms with Crippen LogP contribution in [0.15, 0.2) is 29.2 Å². The van der Waals surface area contributed by atoms with Crippen LogP contribution in [0.2, 0.25) is 0 Å². The number of rotatable bonds is 7. The van der Waals surface area contributed by atoms with Gasteiger partial charge >= 0.3 is 0 Å². The van der Waals surface area contributed by atoms with Crippen LogP contribution in [0.25, 0.3) is 0 Å². The minimum absolute atomic E-state index is 0.223. The number of nitrogens with one attached hydrogen (secondary N) is 1. The van der Waals surface area contributed by atoms with E-state index in [0.29, 0.717) is 22.9 Å². The van der Waals surface area contributed by atoms with Crippen molar-refractivity contribution in [1.82, 2.24) is 9.62 Å². The molecule has 5 nitrogen and oxygen atoms in total. The van der Waals surface area contributed by atoms with E-state index >= 15 is 0 Å². The number of hydrogen-bond donors (Lipinski definition) is 2. The van der Waals surface area contributed by atoms with Crippen molar-refractivity contribution in [2.24, 2.45) is 11.7 Å². The predicted octanol–water partition coefficient (Wildman–Crippen LogP) is 1.16. The molecule has 1 unspecified atom stereocenters. The smallest absolute Gasteiger partial charge is 0.240 e. The molecule has 0 radical (unpaired) electrons. The van der Waals surface area contributed by atoms with Crippen LogP contribution in [-0.2, 0) is 16.6 Å². The Hall–Kier alpha value is -0.950. The average Bonchev–Trinajstić information content (AvgIpc) is 2.98. The summed E-state index contributed by atoms with van der Waals surface area (Å²) in [5.74, 6) is 0.294. The molecular weight excluding hydrogens is 286 g/mol. The highest BCUT2D eigenvalue weighted by molar-refractivity contribution is 7.89. The number of nitrogens with zero attached hydrogens (tertiary/aromatic N) is 1. The average molecular weight is 311 g/mol. The van der Waals surface area contributed by atoms with Crippen LogP contribution in [0.3, 0.4) is 0 Å². The summed E-state index contributed by atoms with van der Waals surface area (Å²) in [4.78, 5) is 2.69. The zero-order chi connectivity index (χ0) is 15.3. The van der Waals surface area contributed by atoms with Gasteiger partial charge in [-0.05, 0) is 43.5 Å². The molecule has 1 atom stereocenters. The maximum atomic E-state index is 12.4. The molecular formula is C15H25N3O2S. The van der Waals surface area contributed by atoms with E-state index in [9.17, 15) is 8.42 Å². The molecule has 1 aromatic carbocycles. The van der Waals surface area contributed by atoms with Crippen molar-refractivity contribution in [1.29, 1.82) is 0 Å². The Morgan fingerprint density at radius 3 is 2.62 bits per heavy atom. The highest BCUT2D eigenvalue weighted by Crippen LogP contribution is 2.15. The van der Waals surface area contributed by atoms with Gasteiger partial charge in [0.1, 0.15) is 0 Å². The van der Waals surface area contributed by atoms with Gasteiger partial charge in [0, 0.05) is 19.6 Å². The molecule has 2 rings (SSSR count). The second-order valence-electron chi connectivity index (χ2n) is 5.78. The highest BCUT2D eigenvalue weighted by atomic mass is 32.2. The second-order valence-corrected chi connectivity index (χ2v) is 7.51. The lowest BCUT2D eigenvalue weighted by molar-refractivity contribution is 0.288. The molecule has 21 heavy (non-hydrogen) atoms. The molecule has 0 aromatic heterocycles. The summed E-state index contributed by atoms with van der Waals surface area (Å²) in [6.07, 6.45) is 2.50. The first-order valence-corrected chi connectivity index (χ1v) is 9.01. The Labute approximate surface area is 127 Å². The fraction of sp³-hybridized carbons (Fsp3) is 0.600. The first-order valence-electron chi connectivity index (χ1n) is 7.53. The zero-order valence-electron chi connectivity index (χ0n) is 12.6. The van der Waals surface area contributed by atoms with Crippen molar-refractivity contribution in [3.63, 3.8) is 0 Å². The van der Waals surface area contributed by atoms with Gasteiger partial charge < -0.3 is 10.6 Å². The summed E-state index contributed by atoms with van der Waals surface area (Å²) >= 11 is 0. The van der Waals surface area contributed by atoms with Crippen LogP contribution in [0.5, 0.6) is 0 Å². The van der Waals surface area contributed by atoms with E-state index in [2.05, 4.69) is 16.5 Å². The predicted molar refractivity (Wildman–Crippen MR) is 84.4 cm³/mol. The zero-order valence-corrected chi connectivity index (χ0v) is 13.4. The van der Waals surface area contributed by atoms with E-state index < -0.39 is 10.0 Å². The van der Waals surface area contributed by atoms with Crippen molar-refractivity contribution in [2.75, 3.05) is 26.2 Å². The minimum atomic E-state index is -3.48. The molecule has 0 aliphatic carbocycles. The fourth-order valence-electron chi connectivity index (χ4n) is 2.73. The third kappa shape index (κ3) is 4.51. The number of likely N-dealkylation sites (tertiary alicyclic amines) is 1. The number of benzene rings is 1. The molecule has 0 bridgehead atoms. The summed E-state index contributed by atoms with van der Waals surface area (Å²) in [5, 5.41) is 0. The fourth-order valence-corrected chi connectivity index (χ4v) is 4.15. The van der Waals surface area contributed by atoms with Gasteiger partial charge in [-0.15, -0.1) is 0 Å². The van der Waals surface area contributed by atoms with Crippen LogP contribution >= 0.6 is 0 Å². The van der Waals surface area contributed by atoms with E-state index in [0.717, 1.165) is 19.6 Å². The first kappa shape index (κ1) is 16.4. The summed E-state index contributed by atoms with van der Waals surface area (Å²) in [6.45, 7) is 5.97. The molecule has 0 saturated carbocycles. The number of hydrogen-bond acceptors (Lipinski definition) is 4. The quantitative estimate of drug-likeness (QED) is 0.792. The number of nitrogens with two attached hydrogens (primary N) is 1. The SMILES string of the molecule is CC(CNS(=O)(=O)c1ccccc1CN)CN1CCCC1. The maximum absolute atomic E-state index is 12.4. The van der Waals surface area contributed by atoms with E-state index in [-0.39, 0.29) is 6.54 Å². The molecule has 1 aliphatic heterocycles. The largest absolute Gasteiger partial charge is 0.326 e. The van der Waals surface area contributed by atoms with Crippen molar-refractivity contribution in [3.8, 4) is 0 Å². The van der Waals surface area contributed by atoms with Gasteiger partial charge in [0.25, 0.3) is 0 Å². The van der Waals surface area contributed by atoms with Gasteiger partial charge in [0.2, 0.25) is 10.0 Å². The molecule has 0 amide bonds. The van der Waals surface area contributed by atoms with E-state index in [1.165, 1.54) is 12.8 Å². The Morgan fingerprint density at radius 2 is 1.95 bits per heavy atom. The molecule has 1 fully saturated rings. The van der Waals surface area contributed by atoms with Gasteiger partial charge in [-0.3, -0.25) is 0 Å². The van der Waals surface area contributed by atoms with Crippen LogP contribution < -0.4 is 10.5 Å². The molecule has 0 spiro atoms. The minimum Gasteiger partial charge on any atom is -0.326 e. The maximum Gasteiger partial charge on any atom is 0.240 e. The lowest BCUT2D eigenvalue weighted by Crippen LogP contribution is -2.34. The van der Waals surface area contributed by atoms with Gasteiger partial charge in [-0.25, -0.2) is 13.1 Å². The number of sulfonamides is 1. The van der Waals surface area contributed by atoms with Crippen molar-refractivity contribution in [2.45, 2.75) is 31.2 Å². The molecule has 1 aromatic rings. The van der Waals surface area contributed by atoms with Crippen LogP contribution in [-0.4, -0.2) is 39.5 Å². The monoisotopic (exact) mass is 311 g/mol. The van der Waals surface area contributed by atoms with E-state index in [1.807, 2.05) is 0 Å². The topological polar surface area (TPSA) is 75.4 Å². The van der Waals surface area contributed by atoms with E-state index in [1.54, 1.807) is 24.3 Å². The van der Waals surface area contributed by atoms with Crippen molar-refractivity contribution < 1.29 is 8.42 Å². The lowest BCUT2D eigenvalue weighted by Gasteiger charge is -2.20. The molecule has 118 valence electrons. The van der Waals surface area contributed by atoms with Gasteiger partial charge in [-0.2, -0.15) is 0 Å². The molecule has 1 saturated heterocycles. The van der Waals surface area contributed by atoms with E-state index in [4.69, 9.17) is 5.73 Å². The summed E-state index contributed by atoms with van der Waals surface area (Å²) in [6, 6.07) is 6.89. The standard InChI is InChI=1S/C15H25N3O2S/c1-13(12-18-8-4-5-9-18)11-17-21(19,20)15-7-3-2-6-14(15)10-16/h2-3,6-7,13,17H,4-5,8-12,16H2,1H3. The molecule has 6 heteroatoms. The van der Waals surface area contributed by atoms with Gasteiger partial charge in [0.05, 0.1) is 4.90 Å². The van der Waals surface area contributed by atoms with Crippen LogP contribution in [0, 0.1) is 5.92 Å². The van der Waals surface area contributed by atoms with Crippen LogP contribution in [0.4, 0.5) is 0 Å². The van der Waals surface area contributed by atoms with Crippen LogP contribution in [0.1, 0.15) is 25.3 Å². The lowest BCUT2D eigenvalue weighted by atomic mass is 10.2. The summed E-state index contributed by atoms with van der Waals surface area (Å²) < 4.78 is 27.5. The second kappa shape index (κ2) is 7.35. The Morgan fingerprint density at radius 1 is 1.29 bits per heavy atom. The Kier molecular flexibility index (Phi) is 5.75. The normalized spacial score (nSPS) is 18.0. The molecule has 1 heterocycles. The third-order valence-electron chi connectivity index (χ3n) is 3.87. The summed E-state index contributed by atoms with van der Waals surface area (Å²) in [7, 11) is -3.48. The van der Waals surface area contributed by atoms with Crippen molar-refractivity contribution in [3.05, 3.63) is 29.8 Å². The van der Waals surface area contributed by atoms with Gasteiger partial charge in [0.15, 0.2) is 0 Å². The van der Waals surface area contributed by atoms with Crippen molar-refractivity contribution >= 4 is 10.0 Å². The molecule has 1 aliphatic rings. The third-order valence-corrected chi connectivity index (χ3v) is 5.40. The Balaban J connectivity index is 1.94. The highest BCUT2D eigenvalue weighted by Gasteiger charge is 2.20.